The van der Waals surface area contributed by atoms with Crippen molar-refractivity contribution < 1.29 is 4.42 Å². The number of hydrogen-bond donors (Lipinski definition) is 0. The molecule has 2 heteroatoms. The molecule has 7 aromatic carbocycles. The molecule has 240 valence electrons. The molecule has 0 atom stereocenters. The minimum Gasteiger partial charge on any atom is -0.456 e. The van der Waals surface area contributed by atoms with Crippen molar-refractivity contribution in [1.82, 2.24) is 0 Å². The van der Waals surface area contributed by atoms with Gasteiger partial charge in [0.25, 0.3) is 0 Å². The molecule has 50 heavy (non-hydrogen) atoms. The number of para-hydroxylation sites is 1. The van der Waals surface area contributed by atoms with Crippen molar-refractivity contribution in [1.29, 1.82) is 0 Å². The van der Waals surface area contributed by atoms with Gasteiger partial charge in [0.15, 0.2) is 0 Å². The summed E-state index contributed by atoms with van der Waals surface area (Å²) in [6, 6.07) is 55.5. The lowest BCUT2D eigenvalue weighted by Crippen LogP contribution is -2.21. The zero-order valence-electron chi connectivity index (χ0n) is 28.8. The van der Waals surface area contributed by atoms with Crippen LogP contribution in [0, 0.1) is 0 Å². The molecule has 8 aromatic rings. The molecule has 2 aliphatic carbocycles. The molecule has 0 fully saturated rings. The van der Waals surface area contributed by atoms with Crippen LogP contribution in [0.4, 0.5) is 17.1 Å². The first-order valence-corrected chi connectivity index (χ1v) is 17.6. The number of anilines is 3. The molecule has 1 heterocycles. The summed E-state index contributed by atoms with van der Waals surface area (Å²) in [7, 11) is 0. The first-order valence-electron chi connectivity index (χ1n) is 17.6. The lowest BCUT2D eigenvalue weighted by atomic mass is 9.81. The second-order valence-corrected chi connectivity index (χ2v) is 14.9. The van der Waals surface area contributed by atoms with Gasteiger partial charge in [-0.2, -0.15) is 0 Å². The van der Waals surface area contributed by atoms with Crippen LogP contribution in [0.1, 0.15) is 49.9 Å². The van der Waals surface area contributed by atoms with E-state index in [0.717, 1.165) is 33.2 Å². The van der Waals surface area contributed by atoms with Crippen molar-refractivity contribution in [2.75, 3.05) is 4.90 Å². The SMILES string of the molecule is CC1(C)c2ccccc2-c2c(N(c3cccc(-c4cccc5oc6ccccc6c45)c3)c3cccc4c3C(C)(C)c3ccccc3-4)cccc21. The predicted molar refractivity (Wildman–Crippen MR) is 209 cm³/mol. The molecule has 2 nitrogen and oxygen atoms in total. The van der Waals surface area contributed by atoms with Crippen molar-refractivity contribution in [2.45, 2.75) is 38.5 Å². The second-order valence-electron chi connectivity index (χ2n) is 14.9. The predicted octanol–water partition coefficient (Wildman–Crippen LogP) is 13.3. The van der Waals surface area contributed by atoms with Crippen molar-refractivity contribution >= 4 is 39.0 Å². The van der Waals surface area contributed by atoms with Gasteiger partial charge >= 0.3 is 0 Å². The Kier molecular flexibility index (Phi) is 6.01. The minimum atomic E-state index is -0.186. The third-order valence-corrected chi connectivity index (χ3v) is 11.4. The Labute approximate surface area is 293 Å². The third-order valence-electron chi connectivity index (χ3n) is 11.4. The molecule has 0 radical (unpaired) electrons. The summed E-state index contributed by atoms with van der Waals surface area (Å²) in [5.41, 5.74) is 18.1. The Hall–Kier alpha value is -5.86. The zero-order chi connectivity index (χ0) is 33.8. The highest BCUT2D eigenvalue weighted by molar-refractivity contribution is 6.12. The Morgan fingerprint density at radius 2 is 1.06 bits per heavy atom. The van der Waals surface area contributed by atoms with Crippen LogP contribution < -0.4 is 4.90 Å². The fourth-order valence-electron chi connectivity index (χ4n) is 9.16. The van der Waals surface area contributed by atoms with Crippen LogP contribution in [0.25, 0.3) is 55.3 Å². The van der Waals surface area contributed by atoms with Crippen LogP contribution in [0.3, 0.4) is 0 Å². The Bertz CT molecular complexity index is 2670. The quantitative estimate of drug-likeness (QED) is 0.190. The molecule has 2 aliphatic rings. The van der Waals surface area contributed by atoms with Crippen molar-refractivity contribution in [3.8, 4) is 33.4 Å². The second kappa shape index (κ2) is 10.3. The van der Waals surface area contributed by atoms with Crippen LogP contribution >= 0.6 is 0 Å². The minimum absolute atomic E-state index is 0.110. The van der Waals surface area contributed by atoms with E-state index >= 15 is 0 Å². The molecule has 0 aliphatic heterocycles. The van der Waals surface area contributed by atoms with E-state index in [1.165, 1.54) is 61.4 Å². The van der Waals surface area contributed by atoms with E-state index in [0.29, 0.717) is 0 Å². The van der Waals surface area contributed by atoms with E-state index in [1.54, 1.807) is 0 Å². The van der Waals surface area contributed by atoms with Gasteiger partial charge in [-0.05, 0) is 86.5 Å². The van der Waals surface area contributed by atoms with Gasteiger partial charge in [0.05, 0.1) is 11.4 Å². The topological polar surface area (TPSA) is 16.4 Å². The number of fused-ring (bicyclic) bond motifs is 9. The molecule has 10 rings (SSSR count). The van der Waals surface area contributed by atoms with E-state index < -0.39 is 0 Å². The molecule has 0 bridgehead atoms. The summed E-state index contributed by atoms with van der Waals surface area (Å²) in [5.74, 6) is 0. The van der Waals surface area contributed by atoms with Gasteiger partial charge in [0, 0.05) is 32.9 Å². The molecule has 0 amide bonds. The average molecular weight is 644 g/mol. The first-order chi connectivity index (χ1) is 24.3. The summed E-state index contributed by atoms with van der Waals surface area (Å²) < 4.78 is 6.33. The maximum absolute atomic E-state index is 6.33. The molecule has 0 N–H and O–H groups in total. The van der Waals surface area contributed by atoms with Gasteiger partial charge in [0.2, 0.25) is 0 Å². The van der Waals surface area contributed by atoms with E-state index in [9.17, 15) is 0 Å². The highest BCUT2D eigenvalue weighted by Crippen LogP contribution is 2.58. The fourth-order valence-corrected chi connectivity index (χ4v) is 9.16. The number of hydrogen-bond acceptors (Lipinski definition) is 2. The van der Waals surface area contributed by atoms with Crippen LogP contribution in [-0.2, 0) is 10.8 Å². The van der Waals surface area contributed by atoms with E-state index in [2.05, 4.69) is 178 Å². The van der Waals surface area contributed by atoms with Crippen LogP contribution in [0.15, 0.2) is 156 Å². The lowest BCUT2D eigenvalue weighted by Gasteiger charge is -2.34. The van der Waals surface area contributed by atoms with Gasteiger partial charge in [-0.25, -0.2) is 0 Å². The summed E-state index contributed by atoms with van der Waals surface area (Å²) in [5, 5.41) is 2.29. The lowest BCUT2D eigenvalue weighted by molar-refractivity contribution is 0.659. The van der Waals surface area contributed by atoms with Gasteiger partial charge in [-0.1, -0.05) is 143 Å². The van der Waals surface area contributed by atoms with Gasteiger partial charge in [-0.15, -0.1) is 0 Å². The van der Waals surface area contributed by atoms with Crippen molar-refractivity contribution in [3.63, 3.8) is 0 Å². The monoisotopic (exact) mass is 643 g/mol. The van der Waals surface area contributed by atoms with E-state index in [4.69, 9.17) is 4.42 Å². The highest BCUT2D eigenvalue weighted by Gasteiger charge is 2.41. The Morgan fingerprint density at radius 3 is 1.92 bits per heavy atom. The molecular formula is C48H37NO. The Morgan fingerprint density at radius 1 is 0.460 bits per heavy atom. The maximum Gasteiger partial charge on any atom is 0.136 e. The van der Waals surface area contributed by atoms with E-state index in [-0.39, 0.29) is 10.8 Å². The van der Waals surface area contributed by atoms with Crippen molar-refractivity contribution in [2.24, 2.45) is 0 Å². The third kappa shape index (κ3) is 3.91. The average Bonchev–Trinajstić information content (AvgIpc) is 3.73. The number of benzene rings is 7. The summed E-state index contributed by atoms with van der Waals surface area (Å²) >= 11 is 0. The van der Waals surface area contributed by atoms with Gasteiger partial charge < -0.3 is 9.32 Å². The molecule has 0 unspecified atom stereocenters. The van der Waals surface area contributed by atoms with Crippen LogP contribution in [-0.4, -0.2) is 0 Å². The molecular weight excluding hydrogens is 607 g/mol. The molecule has 0 saturated heterocycles. The van der Waals surface area contributed by atoms with Crippen molar-refractivity contribution in [3.05, 3.63) is 174 Å². The van der Waals surface area contributed by atoms with Crippen LogP contribution in [0.2, 0.25) is 0 Å². The number of nitrogens with zero attached hydrogens (tertiary/aromatic N) is 1. The fraction of sp³-hybridized carbons (Fsp3) is 0.125. The largest absolute Gasteiger partial charge is 0.456 e. The molecule has 0 spiro atoms. The highest BCUT2D eigenvalue weighted by atomic mass is 16.3. The standard InChI is InChI=1S/C48H37NO/c1-47(2)38-23-9-6-18-35(38)45-39(47)24-14-25-40(45)49(41-26-12-21-34-33-17-5-8-22-37(33)48(3,4)46(34)41)31-16-11-15-30(29-31)32-20-13-28-43-44(32)36-19-7-10-27-42(36)50-43/h5-29H,1-4H3. The maximum atomic E-state index is 6.33. The van der Waals surface area contributed by atoms with Crippen LogP contribution in [0.5, 0.6) is 0 Å². The Balaban J connectivity index is 1.27. The van der Waals surface area contributed by atoms with Gasteiger partial charge in [-0.3, -0.25) is 0 Å². The summed E-state index contributed by atoms with van der Waals surface area (Å²) in [6.07, 6.45) is 0. The molecule has 0 saturated carbocycles. The summed E-state index contributed by atoms with van der Waals surface area (Å²) in [4.78, 5) is 2.54. The first kappa shape index (κ1) is 29.1. The van der Waals surface area contributed by atoms with Gasteiger partial charge in [0.1, 0.15) is 11.2 Å². The number of rotatable bonds is 4. The smallest absolute Gasteiger partial charge is 0.136 e. The van der Waals surface area contributed by atoms with E-state index in [1.807, 2.05) is 6.07 Å². The molecule has 1 aromatic heterocycles. The number of furan rings is 1. The normalized spacial score (nSPS) is 14.7. The zero-order valence-corrected chi connectivity index (χ0v) is 28.8. The summed E-state index contributed by atoms with van der Waals surface area (Å²) in [6.45, 7) is 9.49.